The van der Waals surface area contributed by atoms with Crippen LogP contribution in [0, 0.1) is 0 Å². The molecule has 5 aromatic rings. The van der Waals surface area contributed by atoms with Gasteiger partial charge in [0.25, 0.3) is 5.82 Å². The van der Waals surface area contributed by atoms with Gasteiger partial charge in [-0.2, -0.15) is 0 Å². The van der Waals surface area contributed by atoms with Gasteiger partial charge in [0.05, 0.1) is 10.6 Å². The number of hydrogen-bond donors (Lipinski definition) is 0. The zero-order valence-electron chi connectivity index (χ0n) is 16.2. The van der Waals surface area contributed by atoms with Crippen molar-refractivity contribution in [3.8, 4) is 27.8 Å². The predicted molar refractivity (Wildman–Crippen MR) is 116 cm³/mol. The fourth-order valence-electron chi connectivity index (χ4n) is 3.01. The number of thiophene rings is 1. The summed E-state index contributed by atoms with van der Waals surface area (Å²) < 4.78 is 12.5. The Hall–Kier alpha value is -4.04. The molecule has 0 N–H and O–H groups in total. The molecule has 0 saturated heterocycles. The summed E-state index contributed by atoms with van der Waals surface area (Å²) in [6.45, 7) is -0.0335. The third-order valence-electron chi connectivity index (χ3n) is 4.46. The zero-order chi connectivity index (χ0) is 21.0. The molecule has 0 aliphatic rings. The van der Waals surface area contributed by atoms with E-state index in [1.165, 1.54) is 17.6 Å². The average molecular weight is 428 g/mol. The molecule has 8 heteroatoms. The van der Waals surface area contributed by atoms with Crippen LogP contribution in [0.25, 0.3) is 27.8 Å². The van der Waals surface area contributed by atoms with E-state index in [9.17, 15) is 4.79 Å². The number of nitrogens with zero attached hydrogens (tertiary/aromatic N) is 4. The predicted octanol–water partition coefficient (Wildman–Crippen LogP) is 5.01. The van der Waals surface area contributed by atoms with Gasteiger partial charge in [-0.25, -0.2) is 19.4 Å². The minimum atomic E-state index is -0.632. The second-order valence-electron chi connectivity index (χ2n) is 6.57. The van der Waals surface area contributed by atoms with Gasteiger partial charge in [-0.1, -0.05) is 54.6 Å². The van der Waals surface area contributed by atoms with Crippen molar-refractivity contribution in [2.75, 3.05) is 0 Å². The Morgan fingerprint density at radius 1 is 0.968 bits per heavy atom. The van der Waals surface area contributed by atoms with Gasteiger partial charge in [-0.15, -0.1) is 16.4 Å². The molecule has 0 saturated carbocycles. The van der Waals surface area contributed by atoms with Crippen molar-refractivity contribution >= 4 is 17.3 Å². The lowest BCUT2D eigenvalue weighted by Crippen LogP contribution is -2.08. The van der Waals surface area contributed by atoms with Crippen LogP contribution in [0.2, 0.25) is 0 Å². The summed E-state index contributed by atoms with van der Waals surface area (Å²) in [5.74, 6) is 0.399. The summed E-state index contributed by atoms with van der Waals surface area (Å²) in [6, 6.07) is 22.9. The first-order valence-corrected chi connectivity index (χ1v) is 10.4. The maximum absolute atomic E-state index is 12.7. The quantitative estimate of drug-likeness (QED) is 0.354. The van der Waals surface area contributed by atoms with Crippen molar-refractivity contribution in [3.63, 3.8) is 0 Å². The minimum absolute atomic E-state index is 0.0234. The van der Waals surface area contributed by atoms with Crippen molar-refractivity contribution in [3.05, 3.63) is 96.0 Å². The van der Waals surface area contributed by atoms with Crippen molar-refractivity contribution in [1.82, 2.24) is 19.7 Å². The SMILES string of the molecule is O=C(OCc1coc(-c2cccs2)n1)c1nc(-c2ccccc2)n(-c2ccccc2)n1. The van der Waals surface area contributed by atoms with Crippen molar-refractivity contribution < 1.29 is 13.9 Å². The molecule has 0 radical (unpaired) electrons. The largest absolute Gasteiger partial charge is 0.453 e. The molecule has 0 aliphatic carbocycles. The number of oxazole rings is 1. The lowest BCUT2D eigenvalue weighted by atomic mass is 10.2. The molecule has 3 heterocycles. The van der Waals surface area contributed by atoms with E-state index in [2.05, 4.69) is 15.1 Å². The first kappa shape index (κ1) is 19.0. The minimum Gasteiger partial charge on any atom is -0.453 e. The zero-order valence-corrected chi connectivity index (χ0v) is 17.0. The van der Waals surface area contributed by atoms with Crippen LogP contribution in [0.5, 0.6) is 0 Å². The topological polar surface area (TPSA) is 83.0 Å². The molecule has 7 nitrogen and oxygen atoms in total. The smallest absolute Gasteiger partial charge is 0.378 e. The van der Waals surface area contributed by atoms with Gasteiger partial charge in [0.1, 0.15) is 18.6 Å². The monoisotopic (exact) mass is 428 g/mol. The summed E-state index contributed by atoms with van der Waals surface area (Å²) in [5.41, 5.74) is 2.16. The van der Waals surface area contributed by atoms with E-state index in [1.54, 1.807) is 4.68 Å². The molecule has 0 fully saturated rings. The number of esters is 1. The molecule has 0 bridgehead atoms. The number of ether oxygens (including phenoxy) is 1. The first-order chi connectivity index (χ1) is 15.3. The Morgan fingerprint density at radius 2 is 1.74 bits per heavy atom. The number of carbonyl (C=O) groups is 1. The van der Waals surface area contributed by atoms with Gasteiger partial charge >= 0.3 is 5.97 Å². The highest BCUT2D eigenvalue weighted by Crippen LogP contribution is 2.24. The molecule has 0 unspecified atom stereocenters. The van der Waals surface area contributed by atoms with Crippen LogP contribution in [-0.2, 0) is 11.3 Å². The lowest BCUT2D eigenvalue weighted by Gasteiger charge is -2.05. The number of benzene rings is 2. The summed E-state index contributed by atoms with van der Waals surface area (Å²) >= 11 is 1.52. The Morgan fingerprint density at radius 3 is 2.48 bits per heavy atom. The van der Waals surface area contributed by atoms with Crippen LogP contribution >= 0.6 is 11.3 Å². The van der Waals surface area contributed by atoms with E-state index in [-0.39, 0.29) is 12.4 Å². The van der Waals surface area contributed by atoms with E-state index >= 15 is 0 Å². The van der Waals surface area contributed by atoms with E-state index in [0.29, 0.717) is 17.4 Å². The van der Waals surface area contributed by atoms with E-state index in [0.717, 1.165) is 16.1 Å². The van der Waals surface area contributed by atoms with Gasteiger partial charge in [-0.05, 0) is 23.6 Å². The number of para-hydroxylation sites is 1. The summed E-state index contributed by atoms with van der Waals surface area (Å²) in [5, 5.41) is 6.35. The van der Waals surface area contributed by atoms with Gasteiger partial charge in [0.15, 0.2) is 5.82 Å². The molecule has 3 aromatic heterocycles. The fourth-order valence-corrected chi connectivity index (χ4v) is 3.67. The normalized spacial score (nSPS) is 10.8. The number of rotatable bonds is 6. The molecule has 0 aliphatic heterocycles. The van der Waals surface area contributed by atoms with Crippen molar-refractivity contribution in [2.24, 2.45) is 0 Å². The highest BCUT2D eigenvalue weighted by molar-refractivity contribution is 7.13. The Labute approximate surface area is 181 Å². The van der Waals surface area contributed by atoms with Crippen LogP contribution in [0.4, 0.5) is 0 Å². The van der Waals surface area contributed by atoms with Crippen LogP contribution in [0.3, 0.4) is 0 Å². The maximum atomic E-state index is 12.7. The summed E-state index contributed by atoms with van der Waals surface area (Å²) in [6.07, 6.45) is 1.48. The molecule has 0 spiro atoms. The van der Waals surface area contributed by atoms with E-state index in [1.807, 2.05) is 78.2 Å². The van der Waals surface area contributed by atoms with Gasteiger partial charge in [0.2, 0.25) is 5.89 Å². The van der Waals surface area contributed by atoms with Gasteiger partial charge < -0.3 is 9.15 Å². The molecule has 152 valence electrons. The van der Waals surface area contributed by atoms with Crippen LogP contribution in [-0.4, -0.2) is 25.7 Å². The molecule has 0 amide bonds. The number of aromatic nitrogens is 4. The third-order valence-corrected chi connectivity index (χ3v) is 5.32. The van der Waals surface area contributed by atoms with E-state index < -0.39 is 5.97 Å². The molecule has 31 heavy (non-hydrogen) atoms. The van der Waals surface area contributed by atoms with E-state index in [4.69, 9.17) is 9.15 Å². The fraction of sp³-hybridized carbons (Fsp3) is 0.0435. The van der Waals surface area contributed by atoms with Crippen LogP contribution in [0.1, 0.15) is 16.3 Å². The third kappa shape index (κ3) is 4.01. The highest BCUT2D eigenvalue weighted by atomic mass is 32.1. The van der Waals surface area contributed by atoms with Crippen LogP contribution in [0.15, 0.2) is 88.9 Å². The van der Waals surface area contributed by atoms with Gasteiger partial charge in [0, 0.05) is 5.56 Å². The lowest BCUT2D eigenvalue weighted by molar-refractivity contribution is 0.0453. The number of hydrogen-bond acceptors (Lipinski definition) is 7. The maximum Gasteiger partial charge on any atom is 0.378 e. The Bertz CT molecular complexity index is 1240. The Balaban J connectivity index is 1.38. The molecule has 5 rings (SSSR count). The van der Waals surface area contributed by atoms with Crippen molar-refractivity contribution in [2.45, 2.75) is 6.61 Å². The molecular formula is C23H16N4O3S. The second-order valence-corrected chi connectivity index (χ2v) is 7.52. The standard InChI is InChI=1S/C23H16N4O3S/c28-23(30-15-17-14-29-22(24-17)19-12-7-13-31-19)20-25-21(16-8-3-1-4-9-16)27(26-20)18-10-5-2-6-11-18/h1-14H,15H2. The Kier molecular flexibility index (Phi) is 5.12. The van der Waals surface area contributed by atoms with Gasteiger partial charge in [-0.3, -0.25) is 0 Å². The summed E-state index contributed by atoms with van der Waals surface area (Å²) in [4.78, 5) is 22.4. The molecular weight excluding hydrogens is 412 g/mol. The molecule has 0 atom stereocenters. The second kappa shape index (κ2) is 8.37. The van der Waals surface area contributed by atoms with Crippen LogP contribution < -0.4 is 0 Å². The number of carbonyl (C=O) groups excluding carboxylic acids is 1. The molecule has 2 aromatic carbocycles. The van der Waals surface area contributed by atoms with Crippen molar-refractivity contribution in [1.29, 1.82) is 0 Å². The summed E-state index contributed by atoms with van der Waals surface area (Å²) in [7, 11) is 0. The first-order valence-electron chi connectivity index (χ1n) is 9.51. The average Bonchev–Trinajstić information content (AvgIpc) is 3.59. The highest BCUT2D eigenvalue weighted by Gasteiger charge is 2.20.